The molecule has 0 aromatic heterocycles. The van der Waals surface area contributed by atoms with Crippen molar-refractivity contribution in [2.24, 2.45) is 0 Å². The lowest BCUT2D eigenvalue weighted by Gasteiger charge is -2.23. The maximum absolute atomic E-state index is 12.0. The van der Waals surface area contributed by atoms with Gasteiger partial charge in [0.25, 0.3) is 0 Å². The smallest absolute Gasteiger partial charge is 0.245 e. The Hall–Kier alpha value is -1.07. The normalized spacial score (nSPS) is 19.2. The first-order chi connectivity index (χ1) is 7.97. The standard InChI is InChI=1S/C11H12ClNO3S/c1-2-17(15,16)13-9-6-4-3-5-8(9)7-10(13)11(12)14/h3-6,10H,2,7H2,1H3. The van der Waals surface area contributed by atoms with Gasteiger partial charge in [-0.15, -0.1) is 0 Å². The van der Waals surface area contributed by atoms with Crippen molar-refractivity contribution in [3.05, 3.63) is 29.8 Å². The average Bonchev–Trinajstić information content (AvgIpc) is 2.69. The summed E-state index contributed by atoms with van der Waals surface area (Å²) < 4.78 is 25.1. The van der Waals surface area contributed by atoms with Crippen molar-refractivity contribution in [2.75, 3.05) is 10.1 Å². The number of para-hydroxylation sites is 1. The van der Waals surface area contributed by atoms with E-state index in [-0.39, 0.29) is 5.75 Å². The molecule has 1 heterocycles. The van der Waals surface area contributed by atoms with Crippen LogP contribution in [-0.4, -0.2) is 25.5 Å². The van der Waals surface area contributed by atoms with E-state index in [1.54, 1.807) is 19.1 Å². The Labute approximate surface area is 105 Å². The average molecular weight is 274 g/mol. The molecule has 1 aromatic carbocycles. The molecule has 0 aliphatic carbocycles. The largest absolute Gasteiger partial charge is 0.279 e. The van der Waals surface area contributed by atoms with Crippen LogP contribution in [0.15, 0.2) is 24.3 Å². The van der Waals surface area contributed by atoms with Crippen LogP contribution in [0.3, 0.4) is 0 Å². The fourth-order valence-corrected chi connectivity index (χ4v) is 3.56. The van der Waals surface area contributed by atoms with Crippen LogP contribution in [-0.2, 0) is 21.2 Å². The SMILES string of the molecule is CCS(=O)(=O)N1c2ccccc2CC1C(=O)Cl. The third kappa shape index (κ3) is 2.05. The summed E-state index contributed by atoms with van der Waals surface area (Å²) in [5, 5.41) is -0.641. The lowest BCUT2D eigenvalue weighted by atomic mass is 10.1. The summed E-state index contributed by atoms with van der Waals surface area (Å²) in [5.74, 6) is -0.0536. The molecule has 0 radical (unpaired) electrons. The van der Waals surface area contributed by atoms with Gasteiger partial charge in [0.15, 0.2) is 0 Å². The summed E-state index contributed by atoms with van der Waals surface area (Å²) >= 11 is 5.49. The first-order valence-electron chi connectivity index (χ1n) is 5.26. The van der Waals surface area contributed by atoms with Gasteiger partial charge in [-0.25, -0.2) is 8.42 Å². The minimum atomic E-state index is -3.48. The molecule has 1 unspecified atom stereocenters. The van der Waals surface area contributed by atoms with E-state index in [4.69, 9.17) is 11.6 Å². The number of carbonyl (C=O) groups excluding carboxylic acids is 1. The van der Waals surface area contributed by atoms with E-state index in [1.165, 1.54) is 0 Å². The van der Waals surface area contributed by atoms with Gasteiger partial charge in [-0.3, -0.25) is 9.10 Å². The number of sulfonamides is 1. The molecular formula is C11H12ClNO3S. The number of anilines is 1. The van der Waals surface area contributed by atoms with Crippen LogP contribution in [0.25, 0.3) is 0 Å². The molecule has 0 saturated carbocycles. The van der Waals surface area contributed by atoms with Gasteiger partial charge >= 0.3 is 0 Å². The third-order valence-electron chi connectivity index (χ3n) is 2.85. The second-order valence-corrected chi connectivity index (χ2v) is 6.36. The quantitative estimate of drug-likeness (QED) is 0.785. The summed E-state index contributed by atoms with van der Waals surface area (Å²) in [4.78, 5) is 11.3. The van der Waals surface area contributed by atoms with Crippen LogP contribution in [0, 0.1) is 0 Å². The lowest BCUT2D eigenvalue weighted by molar-refractivity contribution is -0.112. The van der Waals surface area contributed by atoms with Gasteiger partial charge in [0.2, 0.25) is 15.3 Å². The third-order valence-corrected chi connectivity index (χ3v) is 4.88. The highest BCUT2D eigenvalue weighted by Crippen LogP contribution is 2.35. The monoisotopic (exact) mass is 273 g/mol. The minimum absolute atomic E-state index is 0.0536. The number of nitrogens with zero attached hydrogens (tertiary/aromatic N) is 1. The first kappa shape index (κ1) is 12.4. The number of halogens is 1. The summed E-state index contributed by atoms with van der Waals surface area (Å²) in [6.45, 7) is 1.55. The molecule has 0 bridgehead atoms. The van der Waals surface area contributed by atoms with E-state index in [9.17, 15) is 13.2 Å². The zero-order chi connectivity index (χ0) is 12.6. The fourth-order valence-electron chi connectivity index (χ4n) is 2.01. The molecule has 0 N–H and O–H groups in total. The molecular weight excluding hydrogens is 262 g/mol. The number of benzene rings is 1. The number of rotatable bonds is 3. The number of fused-ring (bicyclic) bond motifs is 1. The number of hydrogen-bond donors (Lipinski definition) is 0. The van der Waals surface area contributed by atoms with Crippen molar-refractivity contribution in [1.29, 1.82) is 0 Å². The highest BCUT2D eigenvalue weighted by atomic mass is 35.5. The molecule has 1 aromatic rings. The van der Waals surface area contributed by atoms with Crippen LogP contribution < -0.4 is 4.31 Å². The van der Waals surface area contributed by atoms with Gasteiger partial charge < -0.3 is 0 Å². The Morgan fingerprint density at radius 3 is 2.71 bits per heavy atom. The summed E-state index contributed by atoms with van der Waals surface area (Å²) in [6.07, 6.45) is 0.345. The molecule has 2 rings (SSSR count). The predicted octanol–water partition coefficient (Wildman–Crippen LogP) is 1.53. The van der Waals surface area contributed by atoms with Crippen molar-refractivity contribution in [1.82, 2.24) is 0 Å². The second-order valence-electron chi connectivity index (χ2n) is 3.85. The zero-order valence-corrected chi connectivity index (χ0v) is 10.8. The maximum Gasteiger partial charge on any atom is 0.245 e. The van der Waals surface area contributed by atoms with Crippen molar-refractivity contribution >= 4 is 32.6 Å². The number of carbonyl (C=O) groups is 1. The summed E-state index contributed by atoms with van der Waals surface area (Å²) in [5.41, 5.74) is 1.40. The van der Waals surface area contributed by atoms with Crippen molar-refractivity contribution in [3.8, 4) is 0 Å². The van der Waals surface area contributed by atoms with Crippen LogP contribution >= 0.6 is 11.6 Å². The topological polar surface area (TPSA) is 54.5 Å². The van der Waals surface area contributed by atoms with Crippen LogP contribution in [0.1, 0.15) is 12.5 Å². The molecule has 0 saturated heterocycles. The lowest BCUT2D eigenvalue weighted by Crippen LogP contribution is -2.42. The summed E-state index contributed by atoms with van der Waals surface area (Å²) in [6, 6.07) is 6.27. The highest BCUT2D eigenvalue weighted by molar-refractivity contribution is 7.92. The predicted molar refractivity (Wildman–Crippen MR) is 66.7 cm³/mol. The molecule has 0 fully saturated rings. The maximum atomic E-state index is 12.0. The molecule has 92 valence electrons. The molecule has 6 heteroatoms. The second kappa shape index (κ2) is 4.31. The number of hydrogen-bond acceptors (Lipinski definition) is 3. The zero-order valence-electron chi connectivity index (χ0n) is 9.26. The van der Waals surface area contributed by atoms with Gasteiger partial charge in [-0.05, 0) is 30.2 Å². The van der Waals surface area contributed by atoms with E-state index in [1.807, 2.05) is 12.1 Å². The van der Waals surface area contributed by atoms with E-state index >= 15 is 0 Å². The van der Waals surface area contributed by atoms with Crippen LogP contribution in [0.5, 0.6) is 0 Å². The molecule has 1 aliphatic heterocycles. The van der Waals surface area contributed by atoms with Gasteiger partial charge in [-0.1, -0.05) is 18.2 Å². The van der Waals surface area contributed by atoms with Gasteiger partial charge in [0.05, 0.1) is 11.4 Å². The molecule has 1 atom stereocenters. The van der Waals surface area contributed by atoms with Crippen LogP contribution in [0.4, 0.5) is 5.69 Å². The van der Waals surface area contributed by atoms with Crippen molar-refractivity contribution in [3.63, 3.8) is 0 Å². The Morgan fingerprint density at radius 2 is 2.12 bits per heavy atom. The molecule has 17 heavy (non-hydrogen) atoms. The Balaban J connectivity index is 2.56. The van der Waals surface area contributed by atoms with Gasteiger partial charge in [0.1, 0.15) is 6.04 Å². The van der Waals surface area contributed by atoms with E-state index in [2.05, 4.69) is 0 Å². The fraction of sp³-hybridized carbons (Fsp3) is 0.364. The first-order valence-corrected chi connectivity index (χ1v) is 7.25. The van der Waals surface area contributed by atoms with Crippen molar-refractivity contribution < 1.29 is 13.2 Å². The highest BCUT2D eigenvalue weighted by Gasteiger charge is 2.39. The molecule has 0 spiro atoms. The molecule has 0 amide bonds. The molecule has 4 nitrogen and oxygen atoms in total. The van der Waals surface area contributed by atoms with Crippen molar-refractivity contribution in [2.45, 2.75) is 19.4 Å². The Bertz CT molecular complexity index is 556. The van der Waals surface area contributed by atoms with E-state index < -0.39 is 21.3 Å². The minimum Gasteiger partial charge on any atom is -0.279 e. The molecule has 1 aliphatic rings. The van der Waals surface area contributed by atoms with E-state index in [0.29, 0.717) is 12.1 Å². The van der Waals surface area contributed by atoms with Crippen LogP contribution in [0.2, 0.25) is 0 Å². The van der Waals surface area contributed by atoms with E-state index in [0.717, 1.165) is 9.87 Å². The van der Waals surface area contributed by atoms with Gasteiger partial charge in [-0.2, -0.15) is 0 Å². The Morgan fingerprint density at radius 1 is 1.47 bits per heavy atom. The van der Waals surface area contributed by atoms with Gasteiger partial charge in [0, 0.05) is 6.42 Å². The Kier molecular flexibility index (Phi) is 3.14. The summed E-state index contributed by atoms with van der Waals surface area (Å²) in [7, 11) is -3.48.